The van der Waals surface area contributed by atoms with Crippen molar-refractivity contribution < 1.29 is 14.3 Å². The summed E-state index contributed by atoms with van der Waals surface area (Å²) in [6.07, 6.45) is 2.39. The minimum atomic E-state index is -0.651. The van der Waals surface area contributed by atoms with E-state index in [0.717, 1.165) is 36.3 Å². The molecule has 6 nitrogen and oxygen atoms in total. The molecule has 1 aliphatic carbocycles. The van der Waals surface area contributed by atoms with Crippen LogP contribution >= 0.6 is 0 Å². The molecule has 114 valence electrons. The molecule has 4 rings (SSSR count). The molecule has 1 N–H and O–H groups in total. The van der Waals surface area contributed by atoms with Gasteiger partial charge in [-0.1, -0.05) is 12.1 Å². The normalized spacial score (nSPS) is 18.9. The third kappa shape index (κ3) is 2.11. The van der Waals surface area contributed by atoms with Gasteiger partial charge in [0.1, 0.15) is 12.4 Å². The SMILES string of the molecule is Cn1nc2c(c1NC(=O)C1COc3ccccc3O1)CCC2. The van der Waals surface area contributed by atoms with E-state index < -0.39 is 6.10 Å². The molecule has 22 heavy (non-hydrogen) atoms. The smallest absolute Gasteiger partial charge is 0.270 e. The Hall–Kier alpha value is -2.50. The summed E-state index contributed by atoms with van der Waals surface area (Å²) in [7, 11) is 1.85. The van der Waals surface area contributed by atoms with Crippen molar-refractivity contribution in [2.45, 2.75) is 25.4 Å². The van der Waals surface area contributed by atoms with Crippen LogP contribution in [0.5, 0.6) is 11.5 Å². The van der Waals surface area contributed by atoms with Crippen LogP contribution in [0.15, 0.2) is 24.3 Å². The number of fused-ring (bicyclic) bond motifs is 2. The maximum Gasteiger partial charge on any atom is 0.270 e. The highest BCUT2D eigenvalue weighted by Gasteiger charge is 2.29. The summed E-state index contributed by atoms with van der Waals surface area (Å²) in [4.78, 5) is 12.5. The number of hydrogen-bond donors (Lipinski definition) is 1. The van der Waals surface area contributed by atoms with Gasteiger partial charge in [-0.2, -0.15) is 5.10 Å². The van der Waals surface area contributed by atoms with Gasteiger partial charge in [0.15, 0.2) is 11.5 Å². The molecule has 1 aromatic heterocycles. The Labute approximate surface area is 128 Å². The van der Waals surface area contributed by atoms with Gasteiger partial charge in [-0.25, -0.2) is 0 Å². The molecular formula is C16H17N3O3. The highest BCUT2D eigenvalue weighted by molar-refractivity contribution is 5.94. The first-order chi connectivity index (χ1) is 10.7. The third-order valence-corrected chi connectivity index (χ3v) is 4.11. The lowest BCUT2D eigenvalue weighted by atomic mass is 10.2. The number of para-hydroxylation sites is 2. The summed E-state index contributed by atoms with van der Waals surface area (Å²) in [5, 5.41) is 7.40. The second-order valence-electron chi connectivity index (χ2n) is 5.60. The van der Waals surface area contributed by atoms with Crippen molar-refractivity contribution in [1.29, 1.82) is 0 Å². The first-order valence-electron chi connectivity index (χ1n) is 7.46. The highest BCUT2D eigenvalue weighted by Crippen LogP contribution is 2.32. The number of aromatic nitrogens is 2. The van der Waals surface area contributed by atoms with Crippen LogP contribution in [0.25, 0.3) is 0 Å². The molecule has 0 bridgehead atoms. The molecule has 6 heteroatoms. The number of benzene rings is 1. The second-order valence-corrected chi connectivity index (χ2v) is 5.60. The zero-order valence-corrected chi connectivity index (χ0v) is 12.3. The molecule has 1 aliphatic heterocycles. The number of nitrogens with one attached hydrogen (secondary N) is 1. The highest BCUT2D eigenvalue weighted by atomic mass is 16.6. The van der Waals surface area contributed by atoms with E-state index in [-0.39, 0.29) is 12.5 Å². The number of hydrogen-bond acceptors (Lipinski definition) is 4. The molecule has 0 saturated carbocycles. The van der Waals surface area contributed by atoms with Gasteiger partial charge in [-0.3, -0.25) is 9.48 Å². The minimum Gasteiger partial charge on any atom is -0.485 e. The summed E-state index contributed by atoms with van der Waals surface area (Å²) >= 11 is 0. The van der Waals surface area contributed by atoms with Crippen molar-refractivity contribution in [1.82, 2.24) is 9.78 Å². The molecular weight excluding hydrogens is 282 g/mol. The van der Waals surface area contributed by atoms with Crippen LogP contribution in [0, 0.1) is 0 Å². The van der Waals surface area contributed by atoms with Crippen molar-refractivity contribution in [3.05, 3.63) is 35.5 Å². The number of anilines is 1. The van der Waals surface area contributed by atoms with Crippen LogP contribution in [0.1, 0.15) is 17.7 Å². The van der Waals surface area contributed by atoms with Crippen molar-refractivity contribution >= 4 is 11.7 Å². The summed E-state index contributed by atoms with van der Waals surface area (Å²) in [5.74, 6) is 1.85. The van der Waals surface area contributed by atoms with Crippen molar-refractivity contribution in [3.63, 3.8) is 0 Å². The van der Waals surface area contributed by atoms with Crippen LogP contribution in [0.4, 0.5) is 5.82 Å². The van der Waals surface area contributed by atoms with Crippen LogP contribution in [-0.4, -0.2) is 28.4 Å². The number of carbonyl (C=O) groups excluding carboxylic acids is 1. The van der Waals surface area contributed by atoms with E-state index in [1.807, 2.05) is 25.2 Å². The fourth-order valence-corrected chi connectivity index (χ4v) is 3.02. The predicted molar refractivity (Wildman–Crippen MR) is 80.2 cm³/mol. The molecule has 1 amide bonds. The van der Waals surface area contributed by atoms with Crippen LogP contribution in [0.3, 0.4) is 0 Å². The van der Waals surface area contributed by atoms with Crippen LogP contribution in [-0.2, 0) is 24.7 Å². The van der Waals surface area contributed by atoms with Gasteiger partial charge < -0.3 is 14.8 Å². The minimum absolute atomic E-state index is 0.202. The van der Waals surface area contributed by atoms with Gasteiger partial charge in [-0.05, 0) is 31.4 Å². The molecule has 0 fully saturated rings. The first-order valence-corrected chi connectivity index (χ1v) is 7.46. The number of nitrogens with zero attached hydrogens (tertiary/aromatic N) is 2. The maximum absolute atomic E-state index is 12.5. The fraction of sp³-hybridized carbons (Fsp3) is 0.375. The molecule has 0 radical (unpaired) electrons. The number of ether oxygens (including phenoxy) is 2. The number of aryl methyl sites for hydroxylation is 2. The van der Waals surface area contributed by atoms with E-state index >= 15 is 0 Å². The summed E-state index contributed by atoms with van der Waals surface area (Å²) in [6, 6.07) is 7.37. The molecule has 2 aliphatic rings. The van der Waals surface area contributed by atoms with Gasteiger partial charge in [0.25, 0.3) is 5.91 Å². The molecule has 0 saturated heterocycles. The van der Waals surface area contributed by atoms with E-state index in [9.17, 15) is 4.79 Å². The van der Waals surface area contributed by atoms with Gasteiger partial charge >= 0.3 is 0 Å². The van der Waals surface area contributed by atoms with E-state index in [0.29, 0.717) is 11.5 Å². The Balaban J connectivity index is 1.52. The van der Waals surface area contributed by atoms with Crippen molar-refractivity contribution in [3.8, 4) is 11.5 Å². The molecule has 1 atom stereocenters. The number of amides is 1. The topological polar surface area (TPSA) is 65.4 Å². The average molecular weight is 299 g/mol. The monoisotopic (exact) mass is 299 g/mol. The van der Waals surface area contributed by atoms with Gasteiger partial charge in [0, 0.05) is 12.6 Å². The Bertz CT molecular complexity index is 738. The molecule has 1 aromatic carbocycles. The second kappa shape index (κ2) is 5.05. The zero-order valence-electron chi connectivity index (χ0n) is 12.3. The Morgan fingerprint density at radius 1 is 1.32 bits per heavy atom. The number of rotatable bonds is 2. The largest absolute Gasteiger partial charge is 0.485 e. The van der Waals surface area contributed by atoms with E-state index in [1.165, 1.54) is 0 Å². The first kappa shape index (κ1) is 13.2. The zero-order chi connectivity index (χ0) is 15.1. The van der Waals surface area contributed by atoms with Crippen LogP contribution < -0.4 is 14.8 Å². The standard InChI is InChI=1S/C16H17N3O3/c1-19-15(10-5-4-6-11(10)18-19)17-16(20)14-9-21-12-7-2-3-8-13(12)22-14/h2-3,7-8,14H,4-6,9H2,1H3,(H,17,20). The van der Waals surface area contributed by atoms with Crippen LogP contribution in [0.2, 0.25) is 0 Å². The van der Waals surface area contributed by atoms with Gasteiger partial charge in [0.2, 0.25) is 6.10 Å². The van der Waals surface area contributed by atoms with E-state index in [1.54, 1.807) is 10.7 Å². The molecule has 0 spiro atoms. The molecule has 1 unspecified atom stereocenters. The van der Waals surface area contributed by atoms with Gasteiger partial charge in [0.05, 0.1) is 5.69 Å². The maximum atomic E-state index is 12.5. The lowest BCUT2D eigenvalue weighted by molar-refractivity contribution is -0.125. The molecule has 2 heterocycles. The van der Waals surface area contributed by atoms with Crippen molar-refractivity contribution in [2.24, 2.45) is 7.05 Å². The average Bonchev–Trinajstić information content (AvgIpc) is 3.09. The third-order valence-electron chi connectivity index (χ3n) is 4.11. The molecule has 2 aromatic rings. The lowest BCUT2D eigenvalue weighted by Gasteiger charge is -2.25. The number of carbonyl (C=O) groups is 1. The van der Waals surface area contributed by atoms with Gasteiger partial charge in [-0.15, -0.1) is 0 Å². The fourth-order valence-electron chi connectivity index (χ4n) is 3.02. The quantitative estimate of drug-likeness (QED) is 0.916. The van der Waals surface area contributed by atoms with E-state index in [4.69, 9.17) is 9.47 Å². The summed E-state index contributed by atoms with van der Waals surface area (Å²) in [6.45, 7) is 0.211. The Morgan fingerprint density at radius 2 is 2.14 bits per heavy atom. The predicted octanol–water partition coefficient (Wildman–Crippen LogP) is 1.69. The van der Waals surface area contributed by atoms with Crippen molar-refractivity contribution in [2.75, 3.05) is 11.9 Å². The summed E-state index contributed by atoms with van der Waals surface area (Å²) < 4.78 is 13.1. The Morgan fingerprint density at radius 3 is 3.00 bits per heavy atom. The Kier molecular flexibility index (Phi) is 3.03. The summed E-state index contributed by atoms with van der Waals surface area (Å²) in [5.41, 5.74) is 2.23. The van der Waals surface area contributed by atoms with E-state index in [2.05, 4.69) is 10.4 Å². The lowest BCUT2D eigenvalue weighted by Crippen LogP contribution is -2.40.